The van der Waals surface area contributed by atoms with E-state index in [4.69, 9.17) is 39.5 Å². The second-order valence-electron chi connectivity index (χ2n) is 3.90. The number of para-hydroxylation sites is 1. The lowest BCUT2D eigenvalue weighted by Gasteiger charge is -2.09. The Morgan fingerprint density at radius 1 is 1.00 bits per heavy atom. The smallest absolute Gasteiger partial charge is 0.262 e. The third-order valence-corrected chi connectivity index (χ3v) is 3.45. The minimum Gasteiger partial charge on any atom is -0.482 e. The SMILES string of the molecule is O=C(COc1ccccc1Cl)Nc1ccc(Cl)c(Cl)c1. The molecule has 0 saturated heterocycles. The molecule has 0 aliphatic heterocycles. The number of nitrogens with one attached hydrogen (secondary N) is 1. The lowest BCUT2D eigenvalue weighted by atomic mass is 10.3. The van der Waals surface area contributed by atoms with E-state index in [1.54, 1.807) is 42.5 Å². The molecule has 0 fully saturated rings. The van der Waals surface area contributed by atoms with Crippen LogP contribution in [0.25, 0.3) is 0 Å². The second kappa shape index (κ2) is 6.84. The van der Waals surface area contributed by atoms with Crippen molar-refractivity contribution in [3.05, 3.63) is 57.5 Å². The molecule has 0 heterocycles. The molecule has 2 aromatic rings. The number of halogens is 3. The minimum atomic E-state index is -0.316. The van der Waals surface area contributed by atoms with Crippen LogP contribution >= 0.6 is 34.8 Å². The predicted molar refractivity (Wildman–Crippen MR) is 82.0 cm³/mol. The van der Waals surface area contributed by atoms with Crippen molar-refractivity contribution in [2.45, 2.75) is 0 Å². The third kappa shape index (κ3) is 4.04. The van der Waals surface area contributed by atoms with Gasteiger partial charge in [-0.15, -0.1) is 0 Å². The van der Waals surface area contributed by atoms with E-state index >= 15 is 0 Å². The molecule has 3 nitrogen and oxygen atoms in total. The molecule has 2 rings (SSSR count). The molecule has 1 N–H and O–H groups in total. The van der Waals surface area contributed by atoms with Crippen LogP contribution in [0, 0.1) is 0 Å². The number of hydrogen-bond donors (Lipinski definition) is 1. The van der Waals surface area contributed by atoms with E-state index in [0.29, 0.717) is 26.5 Å². The number of anilines is 1. The summed E-state index contributed by atoms with van der Waals surface area (Å²) in [6.45, 7) is -0.149. The van der Waals surface area contributed by atoms with E-state index in [-0.39, 0.29) is 12.5 Å². The fourth-order valence-electron chi connectivity index (χ4n) is 1.48. The molecule has 0 atom stereocenters. The van der Waals surface area contributed by atoms with Gasteiger partial charge in [-0.25, -0.2) is 0 Å². The number of benzene rings is 2. The minimum absolute atomic E-state index is 0.149. The van der Waals surface area contributed by atoms with Gasteiger partial charge in [0.05, 0.1) is 15.1 Å². The second-order valence-corrected chi connectivity index (χ2v) is 5.12. The van der Waals surface area contributed by atoms with E-state index in [9.17, 15) is 4.79 Å². The summed E-state index contributed by atoms with van der Waals surface area (Å²) in [4.78, 5) is 11.7. The van der Waals surface area contributed by atoms with Gasteiger partial charge in [-0.05, 0) is 30.3 Å². The molecule has 20 heavy (non-hydrogen) atoms. The molecule has 104 valence electrons. The van der Waals surface area contributed by atoms with Crippen molar-refractivity contribution in [2.75, 3.05) is 11.9 Å². The first-order chi connectivity index (χ1) is 9.56. The maximum atomic E-state index is 11.7. The zero-order chi connectivity index (χ0) is 14.5. The first-order valence-electron chi connectivity index (χ1n) is 5.68. The van der Waals surface area contributed by atoms with Gasteiger partial charge < -0.3 is 10.1 Å². The normalized spacial score (nSPS) is 10.2. The van der Waals surface area contributed by atoms with Crippen LogP contribution in [-0.2, 0) is 4.79 Å². The van der Waals surface area contributed by atoms with Crippen LogP contribution in [0.1, 0.15) is 0 Å². The first kappa shape index (κ1) is 15.0. The Labute approximate surface area is 131 Å². The fourth-order valence-corrected chi connectivity index (χ4v) is 1.96. The van der Waals surface area contributed by atoms with Gasteiger partial charge in [-0.3, -0.25) is 4.79 Å². The van der Waals surface area contributed by atoms with E-state index in [2.05, 4.69) is 5.32 Å². The van der Waals surface area contributed by atoms with Crippen LogP contribution in [-0.4, -0.2) is 12.5 Å². The molecule has 0 spiro atoms. The highest BCUT2D eigenvalue weighted by Gasteiger charge is 2.07. The standard InChI is InChI=1S/C14H10Cl3NO2/c15-10-6-5-9(7-12(10)17)18-14(19)8-20-13-4-2-1-3-11(13)16/h1-7H,8H2,(H,18,19). The van der Waals surface area contributed by atoms with Crippen LogP contribution in [0.4, 0.5) is 5.69 Å². The lowest BCUT2D eigenvalue weighted by molar-refractivity contribution is -0.118. The maximum absolute atomic E-state index is 11.7. The quantitative estimate of drug-likeness (QED) is 0.885. The molecule has 0 aromatic heterocycles. The zero-order valence-corrected chi connectivity index (χ0v) is 12.5. The van der Waals surface area contributed by atoms with Crippen LogP contribution < -0.4 is 10.1 Å². The highest BCUT2D eigenvalue weighted by Crippen LogP contribution is 2.25. The van der Waals surface area contributed by atoms with Gasteiger partial charge >= 0.3 is 0 Å². The van der Waals surface area contributed by atoms with Crippen molar-refractivity contribution in [1.29, 1.82) is 0 Å². The Hall–Kier alpha value is -1.42. The Morgan fingerprint density at radius 2 is 1.75 bits per heavy atom. The van der Waals surface area contributed by atoms with Crippen LogP contribution in [0.2, 0.25) is 15.1 Å². The summed E-state index contributed by atoms with van der Waals surface area (Å²) < 4.78 is 5.32. The molecule has 0 aliphatic carbocycles. The molecule has 0 radical (unpaired) electrons. The number of ether oxygens (including phenoxy) is 1. The Balaban J connectivity index is 1.93. The van der Waals surface area contributed by atoms with E-state index in [1.165, 1.54) is 0 Å². The maximum Gasteiger partial charge on any atom is 0.262 e. The van der Waals surface area contributed by atoms with Crippen molar-refractivity contribution < 1.29 is 9.53 Å². The highest BCUT2D eigenvalue weighted by molar-refractivity contribution is 6.42. The largest absolute Gasteiger partial charge is 0.482 e. The van der Waals surface area contributed by atoms with E-state index in [0.717, 1.165) is 0 Å². The number of rotatable bonds is 4. The van der Waals surface area contributed by atoms with Crippen LogP contribution in [0.5, 0.6) is 5.75 Å². The Morgan fingerprint density at radius 3 is 2.45 bits per heavy atom. The number of amides is 1. The van der Waals surface area contributed by atoms with Gasteiger partial charge in [0, 0.05) is 5.69 Å². The molecule has 0 saturated carbocycles. The van der Waals surface area contributed by atoms with Gasteiger partial charge in [-0.1, -0.05) is 46.9 Å². The zero-order valence-electron chi connectivity index (χ0n) is 10.2. The molecule has 1 amide bonds. The predicted octanol–water partition coefficient (Wildman–Crippen LogP) is 4.66. The van der Waals surface area contributed by atoms with Crippen molar-refractivity contribution in [2.24, 2.45) is 0 Å². The summed E-state index contributed by atoms with van der Waals surface area (Å²) in [5, 5.41) is 3.90. The first-order valence-corrected chi connectivity index (χ1v) is 6.82. The topological polar surface area (TPSA) is 38.3 Å². The van der Waals surface area contributed by atoms with Crippen molar-refractivity contribution >= 4 is 46.4 Å². The summed E-state index contributed by atoms with van der Waals surface area (Å²) in [5.74, 6) is 0.141. The molecular formula is C14H10Cl3NO2. The monoisotopic (exact) mass is 329 g/mol. The van der Waals surface area contributed by atoms with Gasteiger partial charge in [0.2, 0.25) is 0 Å². The summed E-state index contributed by atoms with van der Waals surface area (Å²) in [6.07, 6.45) is 0. The lowest BCUT2D eigenvalue weighted by Crippen LogP contribution is -2.20. The summed E-state index contributed by atoms with van der Waals surface area (Å²) in [7, 11) is 0. The average molecular weight is 331 g/mol. The number of carbonyl (C=O) groups excluding carboxylic acids is 1. The van der Waals surface area contributed by atoms with E-state index < -0.39 is 0 Å². The van der Waals surface area contributed by atoms with Crippen molar-refractivity contribution in [3.8, 4) is 5.75 Å². The van der Waals surface area contributed by atoms with Gasteiger partial charge in [0.15, 0.2) is 6.61 Å². The van der Waals surface area contributed by atoms with Crippen molar-refractivity contribution in [1.82, 2.24) is 0 Å². The number of carbonyl (C=O) groups is 1. The highest BCUT2D eigenvalue weighted by atomic mass is 35.5. The van der Waals surface area contributed by atoms with Crippen LogP contribution in [0.15, 0.2) is 42.5 Å². The fraction of sp³-hybridized carbons (Fsp3) is 0.0714. The molecular weight excluding hydrogens is 321 g/mol. The molecule has 2 aromatic carbocycles. The third-order valence-electron chi connectivity index (χ3n) is 2.40. The number of hydrogen-bond acceptors (Lipinski definition) is 2. The van der Waals surface area contributed by atoms with Gasteiger partial charge in [0.1, 0.15) is 5.75 Å². The summed E-state index contributed by atoms with van der Waals surface area (Å²) in [6, 6.07) is 11.8. The van der Waals surface area contributed by atoms with Gasteiger partial charge in [-0.2, -0.15) is 0 Å². The molecule has 0 bridgehead atoms. The van der Waals surface area contributed by atoms with Gasteiger partial charge in [0.25, 0.3) is 5.91 Å². The molecule has 0 aliphatic rings. The Bertz CT molecular complexity index is 632. The molecule has 6 heteroatoms. The Kier molecular flexibility index (Phi) is 5.12. The molecule has 0 unspecified atom stereocenters. The van der Waals surface area contributed by atoms with E-state index in [1.807, 2.05) is 0 Å². The van der Waals surface area contributed by atoms with Crippen molar-refractivity contribution in [3.63, 3.8) is 0 Å². The summed E-state index contributed by atoms with van der Waals surface area (Å²) in [5.41, 5.74) is 0.548. The average Bonchev–Trinajstić information content (AvgIpc) is 2.42. The van der Waals surface area contributed by atoms with Crippen LogP contribution in [0.3, 0.4) is 0 Å². The summed E-state index contributed by atoms with van der Waals surface area (Å²) >= 11 is 17.6.